The van der Waals surface area contributed by atoms with E-state index in [-0.39, 0.29) is 11.6 Å². The van der Waals surface area contributed by atoms with Crippen LogP contribution in [0.2, 0.25) is 0 Å². The molecule has 20 heavy (non-hydrogen) atoms. The average molecular weight is 272 g/mol. The summed E-state index contributed by atoms with van der Waals surface area (Å²) >= 11 is 0. The molecule has 104 valence electrons. The minimum absolute atomic E-state index is 0.00795. The minimum atomic E-state index is -0.146. The van der Waals surface area contributed by atoms with Crippen LogP contribution in [0.5, 0.6) is 0 Å². The van der Waals surface area contributed by atoms with Crippen LogP contribution < -0.4 is 5.69 Å². The number of aromatic nitrogens is 3. The van der Waals surface area contributed by atoms with Crippen LogP contribution in [-0.2, 0) is 17.9 Å². The van der Waals surface area contributed by atoms with Crippen molar-refractivity contribution in [3.05, 3.63) is 46.1 Å². The zero-order chi connectivity index (χ0) is 14.3. The van der Waals surface area contributed by atoms with Crippen LogP contribution >= 0.6 is 0 Å². The van der Waals surface area contributed by atoms with Gasteiger partial charge in [-0.2, -0.15) is 4.68 Å². The minimum Gasteiger partial charge on any atom is -0.334 e. The van der Waals surface area contributed by atoms with Crippen LogP contribution in [0.15, 0.2) is 29.1 Å². The molecule has 6 nitrogen and oxygen atoms in total. The largest absolute Gasteiger partial charge is 0.350 e. The normalized spacial score (nSPS) is 14.2. The van der Waals surface area contributed by atoms with Crippen molar-refractivity contribution >= 4 is 5.91 Å². The summed E-state index contributed by atoms with van der Waals surface area (Å²) in [4.78, 5) is 25.4. The Morgan fingerprint density at radius 2 is 1.90 bits per heavy atom. The van der Waals surface area contributed by atoms with Crippen molar-refractivity contribution in [2.45, 2.75) is 26.9 Å². The summed E-state index contributed by atoms with van der Waals surface area (Å²) < 4.78 is 3.04. The van der Waals surface area contributed by atoms with Crippen molar-refractivity contribution in [1.82, 2.24) is 19.2 Å². The fraction of sp³-hybridized carbons (Fsp3) is 0.357. The molecule has 0 saturated heterocycles. The lowest BCUT2D eigenvalue weighted by Crippen LogP contribution is -2.39. The third-order valence-electron chi connectivity index (χ3n) is 3.59. The molecule has 0 N–H and O–H groups in total. The number of aryl methyl sites for hydroxylation is 1. The van der Waals surface area contributed by atoms with E-state index in [1.807, 2.05) is 31.2 Å². The lowest BCUT2D eigenvalue weighted by molar-refractivity contribution is -0.130. The van der Waals surface area contributed by atoms with Crippen LogP contribution in [0.25, 0.3) is 5.69 Å². The van der Waals surface area contributed by atoms with Gasteiger partial charge in [-0.15, -0.1) is 5.10 Å². The number of nitrogens with zero attached hydrogens (tertiary/aromatic N) is 4. The Hall–Kier alpha value is -2.37. The summed E-state index contributed by atoms with van der Waals surface area (Å²) in [5.41, 5.74) is 1.73. The first-order chi connectivity index (χ1) is 9.56. The zero-order valence-electron chi connectivity index (χ0n) is 11.5. The summed E-state index contributed by atoms with van der Waals surface area (Å²) in [5.74, 6) is 0.644. The van der Waals surface area contributed by atoms with E-state index in [9.17, 15) is 9.59 Å². The Morgan fingerprint density at radius 3 is 2.55 bits per heavy atom. The highest BCUT2D eigenvalue weighted by molar-refractivity contribution is 5.73. The van der Waals surface area contributed by atoms with Gasteiger partial charge in [0.25, 0.3) is 0 Å². The third-order valence-corrected chi connectivity index (χ3v) is 3.59. The summed E-state index contributed by atoms with van der Waals surface area (Å²) in [6.07, 6.45) is 0. The smallest absolute Gasteiger partial charge is 0.334 e. The van der Waals surface area contributed by atoms with Gasteiger partial charge in [0, 0.05) is 20.0 Å². The molecule has 1 aliphatic heterocycles. The number of carbonyl (C=O) groups excluding carboxylic acids is 1. The van der Waals surface area contributed by atoms with Gasteiger partial charge in [-0.25, -0.2) is 4.79 Å². The summed E-state index contributed by atoms with van der Waals surface area (Å²) in [6.45, 7) is 4.98. The molecule has 0 radical (unpaired) electrons. The molecule has 1 amide bonds. The second-order valence-electron chi connectivity index (χ2n) is 5.04. The molecule has 2 heterocycles. The molecular weight excluding hydrogens is 256 g/mol. The van der Waals surface area contributed by atoms with Gasteiger partial charge in [-0.1, -0.05) is 17.7 Å². The second-order valence-corrected chi connectivity index (χ2v) is 5.04. The van der Waals surface area contributed by atoms with Gasteiger partial charge in [0.15, 0.2) is 5.82 Å². The zero-order valence-corrected chi connectivity index (χ0v) is 11.5. The predicted octanol–water partition coefficient (Wildman–Crippen LogP) is 0.705. The monoisotopic (exact) mass is 272 g/mol. The molecular formula is C14H16N4O2. The van der Waals surface area contributed by atoms with Crippen LogP contribution in [-0.4, -0.2) is 31.7 Å². The Balaban J connectivity index is 2.02. The number of hydrogen-bond donors (Lipinski definition) is 0. The Kier molecular flexibility index (Phi) is 2.93. The van der Waals surface area contributed by atoms with Crippen molar-refractivity contribution in [3.8, 4) is 5.69 Å². The van der Waals surface area contributed by atoms with Gasteiger partial charge in [0.1, 0.15) is 0 Å². The maximum Gasteiger partial charge on any atom is 0.350 e. The van der Waals surface area contributed by atoms with Crippen LogP contribution in [0, 0.1) is 6.92 Å². The summed E-state index contributed by atoms with van der Waals surface area (Å²) in [7, 11) is 0. The molecule has 2 aromatic rings. The van der Waals surface area contributed by atoms with Gasteiger partial charge in [-0.05, 0) is 19.1 Å². The third kappa shape index (κ3) is 2.03. The van der Waals surface area contributed by atoms with E-state index in [4.69, 9.17) is 0 Å². The first-order valence-electron chi connectivity index (χ1n) is 6.57. The maximum absolute atomic E-state index is 12.3. The van der Waals surface area contributed by atoms with E-state index < -0.39 is 0 Å². The molecule has 0 unspecified atom stereocenters. The first-order valence-corrected chi connectivity index (χ1v) is 6.57. The number of amides is 1. The Morgan fingerprint density at radius 1 is 1.20 bits per heavy atom. The predicted molar refractivity (Wildman–Crippen MR) is 73.7 cm³/mol. The number of hydrogen-bond acceptors (Lipinski definition) is 3. The number of rotatable bonds is 1. The van der Waals surface area contributed by atoms with E-state index in [2.05, 4.69) is 5.10 Å². The van der Waals surface area contributed by atoms with Gasteiger partial charge in [0.2, 0.25) is 5.91 Å². The fourth-order valence-electron chi connectivity index (χ4n) is 2.37. The van der Waals surface area contributed by atoms with Gasteiger partial charge >= 0.3 is 5.69 Å². The second kappa shape index (κ2) is 4.63. The standard InChI is InChI=1S/C14H16N4O2/c1-10-3-5-12(6-4-10)18-14(20)17-8-7-16(11(2)19)9-13(17)15-18/h3-6H,7-9H2,1-2H3. The van der Waals surface area contributed by atoms with Gasteiger partial charge in [-0.3, -0.25) is 9.36 Å². The Bertz CT molecular complexity index is 712. The molecule has 0 bridgehead atoms. The lowest BCUT2D eigenvalue weighted by atomic mass is 10.2. The molecule has 1 aromatic carbocycles. The van der Waals surface area contributed by atoms with Gasteiger partial charge < -0.3 is 4.90 Å². The van der Waals surface area contributed by atoms with Crippen molar-refractivity contribution in [2.24, 2.45) is 0 Å². The van der Waals surface area contributed by atoms with E-state index >= 15 is 0 Å². The fourth-order valence-corrected chi connectivity index (χ4v) is 2.37. The SMILES string of the molecule is CC(=O)N1CCn2c(nn(-c3ccc(C)cc3)c2=O)C1. The van der Waals surface area contributed by atoms with Crippen molar-refractivity contribution in [3.63, 3.8) is 0 Å². The molecule has 6 heteroatoms. The molecule has 3 rings (SSSR count). The first kappa shape index (κ1) is 12.7. The highest BCUT2D eigenvalue weighted by Crippen LogP contribution is 2.11. The summed E-state index contributed by atoms with van der Waals surface area (Å²) in [6, 6.07) is 7.64. The van der Waals surface area contributed by atoms with E-state index in [0.29, 0.717) is 25.5 Å². The number of carbonyl (C=O) groups is 1. The molecule has 0 atom stereocenters. The quantitative estimate of drug-likeness (QED) is 0.768. The van der Waals surface area contributed by atoms with Gasteiger partial charge in [0.05, 0.1) is 12.2 Å². The molecule has 0 aliphatic carbocycles. The van der Waals surface area contributed by atoms with Crippen LogP contribution in [0.4, 0.5) is 0 Å². The maximum atomic E-state index is 12.3. The van der Waals surface area contributed by atoms with E-state index in [0.717, 1.165) is 11.3 Å². The van der Waals surface area contributed by atoms with E-state index in [1.165, 1.54) is 11.6 Å². The highest BCUT2D eigenvalue weighted by Gasteiger charge is 2.23. The Labute approximate surface area is 116 Å². The van der Waals surface area contributed by atoms with Crippen molar-refractivity contribution in [1.29, 1.82) is 0 Å². The number of fused-ring (bicyclic) bond motifs is 1. The highest BCUT2D eigenvalue weighted by atomic mass is 16.2. The van der Waals surface area contributed by atoms with Crippen molar-refractivity contribution < 1.29 is 4.79 Å². The molecule has 0 fully saturated rings. The molecule has 1 aliphatic rings. The lowest BCUT2D eigenvalue weighted by Gasteiger charge is -2.25. The average Bonchev–Trinajstić information content (AvgIpc) is 2.76. The molecule has 0 saturated carbocycles. The van der Waals surface area contributed by atoms with Crippen LogP contribution in [0.1, 0.15) is 18.3 Å². The van der Waals surface area contributed by atoms with Crippen molar-refractivity contribution in [2.75, 3.05) is 6.54 Å². The van der Waals surface area contributed by atoms with E-state index in [1.54, 1.807) is 9.47 Å². The summed E-state index contributed by atoms with van der Waals surface area (Å²) in [5, 5.41) is 4.36. The molecule has 1 aromatic heterocycles. The van der Waals surface area contributed by atoms with Crippen LogP contribution in [0.3, 0.4) is 0 Å². The number of benzene rings is 1. The topological polar surface area (TPSA) is 60.1 Å². The molecule has 0 spiro atoms.